The van der Waals surface area contributed by atoms with Crippen LogP contribution in [0.2, 0.25) is 0 Å². The van der Waals surface area contributed by atoms with Gasteiger partial charge in [-0.15, -0.1) is 5.10 Å². The van der Waals surface area contributed by atoms with E-state index in [1.165, 1.54) is 5.69 Å². The van der Waals surface area contributed by atoms with E-state index in [1.807, 2.05) is 0 Å². The lowest BCUT2D eigenvalue weighted by Gasteiger charge is -2.20. The summed E-state index contributed by atoms with van der Waals surface area (Å²) in [5.74, 6) is 1.00. The largest absolute Gasteiger partial charge is 0.330 e. The number of nitrogens with zero attached hydrogens (tertiary/aromatic N) is 3. The summed E-state index contributed by atoms with van der Waals surface area (Å²) in [7, 11) is 0. The van der Waals surface area contributed by atoms with Gasteiger partial charge in [0.05, 0.1) is 17.4 Å². The quantitative estimate of drug-likeness (QED) is 0.833. The van der Waals surface area contributed by atoms with Crippen LogP contribution in [0.4, 0.5) is 0 Å². The van der Waals surface area contributed by atoms with Crippen LogP contribution in [0.1, 0.15) is 58.0 Å². The van der Waals surface area contributed by atoms with Crippen molar-refractivity contribution >= 4 is 0 Å². The van der Waals surface area contributed by atoms with Gasteiger partial charge < -0.3 is 5.73 Å². The van der Waals surface area contributed by atoms with Gasteiger partial charge in [0, 0.05) is 6.42 Å². The van der Waals surface area contributed by atoms with Crippen LogP contribution in [0, 0.1) is 5.92 Å². The highest BCUT2D eigenvalue weighted by molar-refractivity contribution is 5.15. The minimum Gasteiger partial charge on any atom is -0.330 e. The average molecular weight is 224 g/mol. The second-order valence-corrected chi connectivity index (χ2v) is 5.04. The zero-order valence-electron chi connectivity index (χ0n) is 11.1. The first kappa shape index (κ1) is 13.2. The molecule has 0 radical (unpaired) electrons. The first-order valence-electron chi connectivity index (χ1n) is 6.13. The average Bonchev–Trinajstić information content (AvgIpc) is 2.60. The molecule has 0 aliphatic heterocycles. The van der Waals surface area contributed by atoms with Crippen molar-refractivity contribution in [3.63, 3.8) is 0 Å². The molecule has 4 nitrogen and oxygen atoms in total. The molecule has 0 fully saturated rings. The van der Waals surface area contributed by atoms with Gasteiger partial charge in [-0.2, -0.15) is 0 Å². The van der Waals surface area contributed by atoms with E-state index in [0.29, 0.717) is 24.4 Å². The molecule has 92 valence electrons. The molecule has 4 heteroatoms. The lowest BCUT2D eigenvalue weighted by atomic mass is 10.0. The molecule has 1 rings (SSSR count). The molecular formula is C12H24N4. The Morgan fingerprint density at radius 1 is 1.19 bits per heavy atom. The molecule has 0 bridgehead atoms. The van der Waals surface area contributed by atoms with Gasteiger partial charge in [-0.3, -0.25) is 0 Å². The van der Waals surface area contributed by atoms with Gasteiger partial charge >= 0.3 is 0 Å². The van der Waals surface area contributed by atoms with Crippen LogP contribution in [0.5, 0.6) is 0 Å². The molecule has 1 aromatic heterocycles. The number of hydrogen-bond acceptors (Lipinski definition) is 3. The molecule has 1 heterocycles. The molecule has 0 aromatic carbocycles. The zero-order valence-corrected chi connectivity index (χ0v) is 11.1. The van der Waals surface area contributed by atoms with Crippen molar-refractivity contribution in [2.75, 3.05) is 6.54 Å². The predicted octanol–water partition coefficient (Wildman–Crippen LogP) is 2.12. The molecular weight excluding hydrogens is 200 g/mol. The molecule has 0 saturated carbocycles. The van der Waals surface area contributed by atoms with E-state index in [2.05, 4.69) is 49.6 Å². The van der Waals surface area contributed by atoms with Gasteiger partial charge in [-0.05, 0) is 25.3 Å². The maximum Gasteiger partial charge on any atom is 0.0874 e. The monoisotopic (exact) mass is 224 g/mol. The minimum absolute atomic E-state index is 0.386. The normalized spacial score (nSPS) is 13.8. The van der Waals surface area contributed by atoms with Crippen molar-refractivity contribution in [3.8, 4) is 0 Å². The van der Waals surface area contributed by atoms with Crippen molar-refractivity contribution in [1.82, 2.24) is 15.0 Å². The first-order chi connectivity index (χ1) is 7.49. The molecule has 1 atom stereocenters. The summed E-state index contributed by atoms with van der Waals surface area (Å²) < 4.78 is 2.07. The van der Waals surface area contributed by atoms with Crippen LogP contribution in [-0.4, -0.2) is 21.5 Å². The molecule has 0 saturated heterocycles. The smallest absolute Gasteiger partial charge is 0.0874 e. The Morgan fingerprint density at radius 3 is 2.25 bits per heavy atom. The van der Waals surface area contributed by atoms with E-state index >= 15 is 0 Å². The molecule has 0 spiro atoms. The van der Waals surface area contributed by atoms with Crippen LogP contribution in [0.25, 0.3) is 0 Å². The van der Waals surface area contributed by atoms with Crippen molar-refractivity contribution < 1.29 is 0 Å². The maximum absolute atomic E-state index is 5.60. The standard InChI is InChI=1S/C12H24N4/c1-8(2)10(5)16-12(9(3)4)11(6-7-13)14-15-16/h8-10H,6-7,13H2,1-5H3. The van der Waals surface area contributed by atoms with Gasteiger partial charge in [0.15, 0.2) is 0 Å². The van der Waals surface area contributed by atoms with E-state index in [0.717, 1.165) is 12.1 Å². The summed E-state index contributed by atoms with van der Waals surface area (Å²) in [6.07, 6.45) is 0.818. The molecule has 0 aliphatic rings. The summed E-state index contributed by atoms with van der Waals surface area (Å²) in [6, 6.07) is 0.386. The van der Waals surface area contributed by atoms with Crippen molar-refractivity contribution in [2.24, 2.45) is 11.7 Å². The Balaban J connectivity index is 3.09. The van der Waals surface area contributed by atoms with E-state index in [1.54, 1.807) is 0 Å². The van der Waals surface area contributed by atoms with Crippen molar-refractivity contribution in [3.05, 3.63) is 11.4 Å². The van der Waals surface area contributed by atoms with Crippen LogP contribution in [-0.2, 0) is 6.42 Å². The second kappa shape index (κ2) is 5.43. The topological polar surface area (TPSA) is 56.7 Å². The van der Waals surface area contributed by atoms with Crippen LogP contribution in [0.15, 0.2) is 0 Å². The third-order valence-electron chi connectivity index (χ3n) is 3.08. The highest BCUT2D eigenvalue weighted by Crippen LogP contribution is 2.24. The number of hydrogen-bond donors (Lipinski definition) is 1. The van der Waals surface area contributed by atoms with Gasteiger partial charge in [0.2, 0.25) is 0 Å². The fraction of sp³-hybridized carbons (Fsp3) is 0.833. The SMILES string of the molecule is CC(C)c1c(CCN)nnn1C(C)C(C)C. The third-order valence-corrected chi connectivity index (χ3v) is 3.08. The Labute approximate surface area is 98.2 Å². The minimum atomic E-state index is 0.386. The molecule has 1 unspecified atom stereocenters. The van der Waals surface area contributed by atoms with Crippen LogP contribution < -0.4 is 5.73 Å². The summed E-state index contributed by atoms with van der Waals surface area (Å²) in [5.41, 5.74) is 7.90. The Hall–Kier alpha value is -0.900. The number of rotatable bonds is 5. The molecule has 1 aromatic rings. The van der Waals surface area contributed by atoms with E-state index in [-0.39, 0.29) is 0 Å². The van der Waals surface area contributed by atoms with Gasteiger partial charge in [-0.25, -0.2) is 4.68 Å². The summed E-state index contributed by atoms with van der Waals surface area (Å²) >= 11 is 0. The van der Waals surface area contributed by atoms with Gasteiger partial charge in [0.25, 0.3) is 0 Å². The fourth-order valence-electron chi connectivity index (χ4n) is 1.83. The van der Waals surface area contributed by atoms with Gasteiger partial charge in [-0.1, -0.05) is 32.9 Å². The lowest BCUT2D eigenvalue weighted by Crippen LogP contribution is -2.17. The third kappa shape index (κ3) is 2.61. The molecule has 2 N–H and O–H groups in total. The van der Waals surface area contributed by atoms with Crippen molar-refractivity contribution in [2.45, 2.75) is 53.0 Å². The Kier molecular flexibility index (Phi) is 4.47. The molecule has 0 aliphatic carbocycles. The predicted molar refractivity (Wildman–Crippen MR) is 66.4 cm³/mol. The highest BCUT2D eigenvalue weighted by atomic mass is 15.4. The van der Waals surface area contributed by atoms with Crippen LogP contribution in [0.3, 0.4) is 0 Å². The maximum atomic E-state index is 5.60. The fourth-order valence-corrected chi connectivity index (χ4v) is 1.83. The molecule has 0 amide bonds. The van der Waals surface area contributed by atoms with Crippen LogP contribution >= 0.6 is 0 Å². The summed E-state index contributed by atoms with van der Waals surface area (Å²) in [5, 5.41) is 8.55. The Morgan fingerprint density at radius 2 is 1.81 bits per heavy atom. The number of nitrogens with two attached hydrogens (primary N) is 1. The van der Waals surface area contributed by atoms with E-state index in [4.69, 9.17) is 5.73 Å². The summed E-state index contributed by atoms with van der Waals surface area (Å²) in [6.45, 7) is 11.6. The van der Waals surface area contributed by atoms with E-state index in [9.17, 15) is 0 Å². The Bertz CT molecular complexity index is 328. The van der Waals surface area contributed by atoms with E-state index < -0.39 is 0 Å². The lowest BCUT2D eigenvalue weighted by molar-refractivity contribution is 0.354. The zero-order chi connectivity index (χ0) is 12.3. The first-order valence-corrected chi connectivity index (χ1v) is 6.13. The number of aromatic nitrogens is 3. The molecule has 16 heavy (non-hydrogen) atoms. The van der Waals surface area contributed by atoms with Gasteiger partial charge in [0.1, 0.15) is 0 Å². The van der Waals surface area contributed by atoms with Crippen molar-refractivity contribution in [1.29, 1.82) is 0 Å². The highest BCUT2D eigenvalue weighted by Gasteiger charge is 2.20. The summed E-state index contributed by atoms with van der Waals surface area (Å²) in [4.78, 5) is 0. The second-order valence-electron chi connectivity index (χ2n) is 5.04.